The molecule has 0 bridgehead atoms. The lowest BCUT2D eigenvalue weighted by Crippen LogP contribution is -2.10. The minimum atomic E-state index is 0. The quantitative estimate of drug-likeness (QED) is 0.657. The first-order chi connectivity index (χ1) is 12.6. The molecule has 1 heterocycles. The Morgan fingerprint density at radius 2 is 1.70 bits per heavy atom. The monoisotopic (exact) mass is 385 g/mol. The maximum absolute atomic E-state index is 5.55. The van der Waals surface area contributed by atoms with Gasteiger partial charge in [-0.1, -0.05) is 6.58 Å². The minimum Gasteiger partial charge on any atom is -0.497 e. The van der Waals surface area contributed by atoms with Gasteiger partial charge in [-0.3, -0.25) is 4.57 Å². The molecular weight excluding hydrogens is 362 g/mol. The highest BCUT2D eigenvalue weighted by Crippen LogP contribution is 2.27. The van der Waals surface area contributed by atoms with E-state index in [0.717, 1.165) is 39.8 Å². The lowest BCUT2D eigenvalue weighted by Gasteiger charge is -2.10. The van der Waals surface area contributed by atoms with Crippen molar-refractivity contribution in [2.45, 2.75) is 6.92 Å². The molecule has 2 aromatic carbocycles. The van der Waals surface area contributed by atoms with E-state index in [2.05, 4.69) is 11.1 Å². The molecule has 0 saturated carbocycles. The van der Waals surface area contributed by atoms with Gasteiger partial charge in [0, 0.05) is 24.0 Å². The first-order valence-electron chi connectivity index (χ1n) is 8.45. The third-order valence-corrected chi connectivity index (χ3v) is 3.99. The molecule has 1 aromatic heterocycles. The molecule has 2 N–H and O–H groups in total. The molecule has 0 fully saturated rings. The van der Waals surface area contributed by atoms with E-state index in [9.17, 15) is 0 Å². The number of halogens is 1. The predicted octanol–water partition coefficient (Wildman–Crippen LogP) is 4.34. The Balaban J connectivity index is 0.00000261. The minimum absolute atomic E-state index is 0. The lowest BCUT2D eigenvalue weighted by atomic mass is 10.2. The molecule has 27 heavy (non-hydrogen) atoms. The van der Waals surface area contributed by atoms with E-state index < -0.39 is 0 Å². The summed E-state index contributed by atoms with van der Waals surface area (Å²) in [5, 5.41) is 0. The molecule has 0 radical (unpaired) electrons. The van der Waals surface area contributed by atoms with Crippen molar-refractivity contribution < 1.29 is 9.47 Å². The summed E-state index contributed by atoms with van der Waals surface area (Å²) in [4.78, 5) is 4.76. The van der Waals surface area contributed by atoms with E-state index in [1.165, 1.54) is 0 Å². The number of methoxy groups -OCH3 is 1. The van der Waals surface area contributed by atoms with Crippen molar-refractivity contribution >= 4 is 18.0 Å². The number of aromatic nitrogens is 2. The molecular formula is C21H24ClN3O2. The van der Waals surface area contributed by atoms with Crippen LogP contribution in [0.5, 0.6) is 11.5 Å². The van der Waals surface area contributed by atoms with Gasteiger partial charge in [0.15, 0.2) is 0 Å². The third-order valence-electron chi connectivity index (χ3n) is 3.99. The summed E-state index contributed by atoms with van der Waals surface area (Å²) in [7, 11) is 1.66. The number of imidazole rings is 1. The van der Waals surface area contributed by atoms with Gasteiger partial charge in [-0.15, -0.1) is 12.4 Å². The van der Waals surface area contributed by atoms with Crippen molar-refractivity contribution in [2.24, 2.45) is 5.73 Å². The molecule has 0 aliphatic carbocycles. The van der Waals surface area contributed by atoms with Crippen LogP contribution in [-0.4, -0.2) is 29.8 Å². The highest BCUT2D eigenvalue weighted by molar-refractivity contribution is 5.85. The highest BCUT2D eigenvalue weighted by atomic mass is 35.5. The number of hydrogen-bond donors (Lipinski definition) is 1. The molecule has 3 rings (SSSR count). The normalized spacial score (nSPS) is 10.2. The summed E-state index contributed by atoms with van der Waals surface area (Å²) < 4.78 is 12.9. The topological polar surface area (TPSA) is 62.3 Å². The smallest absolute Gasteiger partial charge is 0.145 e. The van der Waals surface area contributed by atoms with Crippen LogP contribution < -0.4 is 15.2 Å². The van der Waals surface area contributed by atoms with Crippen molar-refractivity contribution in [3.63, 3.8) is 0 Å². The molecule has 0 spiro atoms. The van der Waals surface area contributed by atoms with Gasteiger partial charge in [0.25, 0.3) is 0 Å². The fourth-order valence-corrected chi connectivity index (χ4v) is 2.61. The van der Waals surface area contributed by atoms with Crippen LogP contribution in [0.3, 0.4) is 0 Å². The molecule has 0 atom stereocenters. The van der Waals surface area contributed by atoms with Gasteiger partial charge in [-0.05, 0) is 61.0 Å². The molecule has 5 nitrogen and oxygen atoms in total. The van der Waals surface area contributed by atoms with Gasteiger partial charge in [-0.25, -0.2) is 4.98 Å². The second-order valence-electron chi connectivity index (χ2n) is 5.96. The molecule has 0 saturated heterocycles. The van der Waals surface area contributed by atoms with E-state index in [1.807, 2.05) is 61.7 Å². The third kappa shape index (κ3) is 4.70. The maximum atomic E-state index is 5.55. The van der Waals surface area contributed by atoms with Crippen LogP contribution in [0.2, 0.25) is 0 Å². The zero-order valence-electron chi connectivity index (χ0n) is 15.5. The largest absolute Gasteiger partial charge is 0.497 e. The van der Waals surface area contributed by atoms with Crippen molar-refractivity contribution in [1.29, 1.82) is 0 Å². The predicted molar refractivity (Wildman–Crippen MR) is 112 cm³/mol. The average Bonchev–Trinajstić information content (AvgIpc) is 3.12. The summed E-state index contributed by atoms with van der Waals surface area (Å²) in [6, 6.07) is 15.7. The lowest BCUT2D eigenvalue weighted by molar-refractivity contribution is 0.328. The maximum Gasteiger partial charge on any atom is 0.145 e. The second-order valence-corrected chi connectivity index (χ2v) is 5.96. The number of nitrogens with zero attached hydrogens (tertiary/aromatic N) is 2. The van der Waals surface area contributed by atoms with Crippen molar-refractivity contribution in [1.82, 2.24) is 9.55 Å². The number of rotatable bonds is 7. The molecule has 3 aromatic rings. The Morgan fingerprint density at radius 1 is 1.07 bits per heavy atom. The highest BCUT2D eigenvalue weighted by Gasteiger charge is 2.12. The number of ether oxygens (including phenoxy) is 2. The van der Waals surface area contributed by atoms with E-state index in [1.54, 1.807) is 7.11 Å². The van der Waals surface area contributed by atoms with E-state index >= 15 is 0 Å². The molecule has 6 heteroatoms. The molecule has 0 aliphatic heterocycles. The van der Waals surface area contributed by atoms with Crippen LogP contribution in [-0.2, 0) is 0 Å². The second kappa shape index (κ2) is 9.26. The summed E-state index contributed by atoms with van der Waals surface area (Å²) in [5.41, 5.74) is 9.26. The first-order valence-corrected chi connectivity index (χ1v) is 8.45. The number of hydrogen-bond acceptors (Lipinski definition) is 4. The zero-order valence-corrected chi connectivity index (χ0v) is 16.3. The van der Waals surface area contributed by atoms with Crippen LogP contribution in [0.25, 0.3) is 22.6 Å². The molecule has 0 amide bonds. The van der Waals surface area contributed by atoms with E-state index in [4.69, 9.17) is 20.2 Å². The SMILES string of the molecule is C=C(C)c1cn(-c2ccc(OCCN)cc2)c(-c2ccc(OC)cc2)n1.Cl. The van der Waals surface area contributed by atoms with Crippen LogP contribution >= 0.6 is 12.4 Å². The zero-order chi connectivity index (χ0) is 18.5. The fourth-order valence-electron chi connectivity index (χ4n) is 2.61. The fraction of sp³-hybridized carbons (Fsp3) is 0.190. The molecule has 0 aliphatic rings. The van der Waals surface area contributed by atoms with E-state index in [-0.39, 0.29) is 12.4 Å². The van der Waals surface area contributed by atoms with Gasteiger partial charge in [0.05, 0.1) is 12.8 Å². The van der Waals surface area contributed by atoms with Crippen LogP contribution in [0.1, 0.15) is 12.6 Å². The number of allylic oxidation sites excluding steroid dienone is 1. The standard InChI is InChI=1S/C21H23N3O2.ClH/c1-15(2)20-14-24(17-6-10-19(11-7-17)26-13-12-22)21(23-20)16-4-8-18(25-3)9-5-16;/h4-11,14H,1,12-13,22H2,2-3H3;1H. The first kappa shape index (κ1) is 20.6. The van der Waals surface area contributed by atoms with Gasteiger partial charge >= 0.3 is 0 Å². The Kier molecular flexibility index (Phi) is 7.05. The van der Waals surface area contributed by atoms with E-state index in [0.29, 0.717) is 13.2 Å². The summed E-state index contributed by atoms with van der Waals surface area (Å²) in [5.74, 6) is 2.46. The molecule has 142 valence electrons. The van der Waals surface area contributed by atoms with Gasteiger partial charge in [0.1, 0.15) is 23.9 Å². The Hall–Kier alpha value is -2.76. The Bertz CT molecular complexity index is 887. The number of nitrogens with two attached hydrogens (primary N) is 1. The summed E-state index contributed by atoms with van der Waals surface area (Å²) >= 11 is 0. The Morgan fingerprint density at radius 3 is 2.26 bits per heavy atom. The van der Waals surface area contributed by atoms with Crippen LogP contribution in [0.15, 0.2) is 61.3 Å². The summed E-state index contributed by atoms with van der Waals surface area (Å²) in [6.45, 7) is 6.96. The Labute approximate surface area is 165 Å². The number of benzene rings is 2. The van der Waals surface area contributed by atoms with Gasteiger partial charge in [0.2, 0.25) is 0 Å². The van der Waals surface area contributed by atoms with Gasteiger partial charge < -0.3 is 15.2 Å². The summed E-state index contributed by atoms with van der Waals surface area (Å²) in [6.07, 6.45) is 2.00. The molecule has 0 unspecified atom stereocenters. The van der Waals surface area contributed by atoms with Crippen molar-refractivity contribution in [2.75, 3.05) is 20.3 Å². The van der Waals surface area contributed by atoms with Crippen molar-refractivity contribution in [3.8, 4) is 28.6 Å². The van der Waals surface area contributed by atoms with Crippen molar-refractivity contribution in [3.05, 3.63) is 67.0 Å². The average molecular weight is 386 g/mol. The van der Waals surface area contributed by atoms with Gasteiger partial charge in [-0.2, -0.15) is 0 Å². The van der Waals surface area contributed by atoms with Crippen LogP contribution in [0, 0.1) is 0 Å². The van der Waals surface area contributed by atoms with Crippen LogP contribution in [0.4, 0.5) is 0 Å².